The molecule has 3 aromatic rings. The summed E-state index contributed by atoms with van der Waals surface area (Å²) in [6.45, 7) is 2.58. The first-order chi connectivity index (χ1) is 12.9. The zero-order chi connectivity index (χ0) is 19.4. The van der Waals surface area contributed by atoms with Crippen LogP contribution in [0.4, 0.5) is 11.5 Å². The van der Waals surface area contributed by atoms with Gasteiger partial charge in [0.1, 0.15) is 0 Å². The minimum Gasteiger partial charge on any atom is -0.358 e. The van der Waals surface area contributed by atoms with E-state index in [0.29, 0.717) is 17.9 Å². The number of aryl methyl sites for hydroxylation is 2. The number of hydrogen-bond acceptors (Lipinski definition) is 5. The fourth-order valence-corrected chi connectivity index (χ4v) is 2.93. The number of nitrogens with one attached hydrogen (secondary N) is 1. The molecule has 1 aromatic carbocycles. The Morgan fingerprint density at radius 1 is 1.37 bits per heavy atom. The lowest BCUT2D eigenvalue weighted by Crippen LogP contribution is -2.15. The molecule has 0 aliphatic carbocycles. The van der Waals surface area contributed by atoms with Gasteiger partial charge in [-0.05, 0) is 45.5 Å². The van der Waals surface area contributed by atoms with Crippen molar-refractivity contribution in [2.45, 2.75) is 26.4 Å². The van der Waals surface area contributed by atoms with Crippen molar-refractivity contribution in [2.75, 3.05) is 5.32 Å². The molecule has 0 saturated heterocycles. The SMILES string of the molecule is Cc1cc([N+](=O)[O-])nn1CCC(=O)Nc1cccc(Cn2cc(Br)cn2)c1. The van der Waals surface area contributed by atoms with Crippen LogP contribution in [-0.2, 0) is 17.9 Å². The Kier molecular flexibility index (Phi) is 5.65. The molecule has 0 spiro atoms. The first kappa shape index (κ1) is 18.8. The summed E-state index contributed by atoms with van der Waals surface area (Å²) in [6, 6.07) is 8.90. The summed E-state index contributed by atoms with van der Waals surface area (Å²) in [5.74, 6) is -0.405. The summed E-state index contributed by atoms with van der Waals surface area (Å²) in [6.07, 6.45) is 3.75. The quantitative estimate of drug-likeness (QED) is 0.455. The third-order valence-corrected chi connectivity index (χ3v) is 4.27. The predicted octanol–water partition coefficient (Wildman–Crippen LogP) is 3.14. The topological polar surface area (TPSA) is 108 Å². The van der Waals surface area contributed by atoms with Crippen LogP contribution >= 0.6 is 15.9 Å². The number of halogens is 1. The number of carbonyl (C=O) groups is 1. The van der Waals surface area contributed by atoms with Crippen molar-refractivity contribution in [2.24, 2.45) is 0 Å². The van der Waals surface area contributed by atoms with Crippen LogP contribution in [0.3, 0.4) is 0 Å². The van der Waals surface area contributed by atoms with Crippen LogP contribution in [0.1, 0.15) is 17.7 Å². The molecule has 1 N–H and O–H groups in total. The molecule has 0 unspecified atom stereocenters. The van der Waals surface area contributed by atoms with Gasteiger partial charge in [-0.1, -0.05) is 12.1 Å². The number of anilines is 1. The van der Waals surface area contributed by atoms with Gasteiger partial charge in [0.2, 0.25) is 5.91 Å². The highest BCUT2D eigenvalue weighted by atomic mass is 79.9. The van der Waals surface area contributed by atoms with Crippen molar-refractivity contribution in [3.05, 3.63) is 68.6 Å². The predicted molar refractivity (Wildman–Crippen MR) is 102 cm³/mol. The molecule has 0 aliphatic heterocycles. The highest BCUT2D eigenvalue weighted by molar-refractivity contribution is 9.10. The van der Waals surface area contributed by atoms with Crippen LogP contribution in [0.15, 0.2) is 47.2 Å². The van der Waals surface area contributed by atoms with Crippen LogP contribution in [0.25, 0.3) is 0 Å². The maximum atomic E-state index is 12.2. The van der Waals surface area contributed by atoms with Crippen molar-refractivity contribution in [3.63, 3.8) is 0 Å². The molecule has 0 saturated carbocycles. The molecule has 9 nitrogen and oxygen atoms in total. The second kappa shape index (κ2) is 8.12. The van der Waals surface area contributed by atoms with Gasteiger partial charge in [0.25, 0.3) is 0 Å². The van der Waals surface area contributed by atoms with E-state index in [1.165, 1.54) is 10.7 Å². The molecule has 0 atom stereocenters. The molecule has 0 aliphatic rings. The van der Waals surface area contributed by atoms with Crippen molar-refractivity contribution in [1.82, 2.24) is 19.6 Å². The van der Waals surface area contributed by atoms with Gasteiger partial charge in [-0.2, -0.15) is 9.78 Å². The van der Waals surface area contributed by atoms with Crippen LogP contribution in [0.5, 0.6) is 0 Å². The molecule has 140 valence electrons. The lowest BCUT2D eigenvalue weighted by molar-refractivity contribution is -0.389. The summed E-state index contributed by atoms with van der Waals surface area (Å²) < 4.78 is 4.16. The lowest BCUT2D eigenvalue weighted by Gasteiger charge is -2.08. The van der Waals surface area contributed by atoms with Gasteiger partial charge in [0, 0.05) is 18.3 Å². The first-order valence-electron chi connectivity index (χ1n) is 8.16. The Balaban J connectivity index is 1.57. The van der Waals surface area contributed by atoms with Crippen LogP contribution < -0.4 is 5.32 Å². The van der Waals surface area contributed by atoms with E-state index in [-0.39, 0.29) is 24.7 Å². The van der Waals surface area contributed by atoms with E-state index >= 15 is 0 Å². The molecule has 0 bridgehead atoms. The van der Waals surface area contributed by atoms with E-state index in [9.17, 15) is 14.9 Å². The van der Waals surface area contributed by atoms with E-state index in [0.717, 1.165) is 10.0 Å². The molecule has 3 rings (SSSR count). The lowest BCUT2D eigenvalue weighted by atomic mass is 10.2. The Morgan fingerprint density at radius 3 is 2.85 bits per heavy atom. The molecule has 0 radical (unpaired) electrons. The molecular formula is C17H17BrN6O3. The zero-order valence-corrected chi connectivity index (χ0v) is 16.1. The van der Waals surface area contributed by atoms with E-state index in [1.807, 2.05) is 30.5 Å². The van der Waals surface area contributed by atoms with Gasteiger partial charge >= 0.3 is 5.82 Å². The Morgan fingerprint density at radius 2 is 2.19 bits per heavy atom. The van der Waals surface area contributed by atoms with Crippen molar-refractivity contribution >= 4 is 33.3 Å². The third kappa shape index (κ3) is 5.00. The number of benzene rings is 1. The fraction of sp³-hybridized carbons (Fsp3) is 0.235. The van der Waals surface area contributed by atoms with Gasteiger partial charge in [0.05, 0.1) is 40.6 Å². The Labute approximate surface area is 163 Å². The summed E-state index contributed by atoms with van der Waals surface area (Å²) in [5, 5.41) is 21.7. The third-order valence-electron chi connectivity index (χ3n) is 3.86. The summed E-state index contributed by atoms with van der Waals surface area (Å²) >= 11 is 3.36. The van der Waals surface area contributed by atoms with Crippen molar-refractivity contribution in [1.29, 1.82) is 0 Å². The maximum Gasteiger partial charge on any atom is 0.390 e. The highest BCUT2D eigenvalue weighted by Gasteiger charge is 2.16. The van der Waals surface area contributed by atoms with Gasteiger partial charge < -0.3 is 15.4 Å². The van der Waals surface area contributed by atoms with Crippen molar-refractivity contribution < 1.29 is 9.72 Å². The molecule has 1 amide bonds. The van der Waals surface area contributed by atoms with Gasteiger partial charge in [-0.15, -0.1) is 0 Å². The number of rotatable bonds is 7. The number of nitro groups is 1. The molecule has 2 aromatic heterocycles. The van der Waals surface area contributed by atoms with Gasteiger partial charge in [0.15, 0.2) is 0 Å². The molecule has 10 heteroatoms. The second-order valence-electron chi connectivity index (χ2n) is 5.98. The minimum atomic E-state index is -0.548. The minimum absolute atomic E-state index is 0.163. The summed E-state index contributed by atoms with van der Waals surface area (Å²) in [7, 11) is 0. The number of hydrogen-bond donors (Lipinski definition) is 1. The van der Waals surface area contributed by atoms with Gasteiger partial charge in [-0.25, -0.2) is 0 Å². The first-order valence-corrected chi connectivity index (χ1v) is 8.95. The molecule has 0 fully saturated rings. The average molecular weight is 433 g/mol. The molecule has 27 heavy (non-hydrogen) atoms. The molecular weight excluding hydrogens is 416 g/mol. The second-order valence-corrected chi connectivity index (χ2v) is 6.89. The largest absolute Gasteiger partial charge is 0.390 e. The van der Waals surface area contributed by atoms with E-state index in [1.54, 1.807) is 17.8 Å². The molecule has 2 heterocycles. The Hall–Kier alpha value is -3.01. The van der Waals surface area contributed by atoms with E-state index in [4.69, 9.17) is 0 Å². The summed E-state index contributed by atoms with van der Waals surface area (Å²) in [5.41, 5.74) is 2.33. The van der Waals surface area contributed by atoms with Crippen LogP contribution in [0, 0.1) is 17.0 Å². The van der Waals surface area contributed by atoms with Crippen LogP contribution in [-0.4, -0.2) is 30.4 Å². The normalized spacial score (nSPS) is 10.7. The fourth-order valence-electron chi connectivity index (χ4n) is 2.60. The number of amides is 1. The smallest absolute Gasteiger partial charge is 0.358 e. The van der Waals surface area contributed by atoms with Crippen molar-refractivity contribution in [3.8, 4) is 0 Å². The highest BCUT2D eigenvalue weighted by Crippen LogP contribution is 2.15. The number of aromatic nitrogens is 4. The standard InChI is InChI=1S/C17H17BrN6O3/c1-12-7-16(24(26)27)21-23(12)6-5-17(25)20-15-4-2-3-13(8-15)10-22-11-14(18)9-19-22/h2-4,7-9,11H,5-6,10H2,1H3,(H,20,25). The summed E-state index contributed by atoms with van der Waals surface area (Å²) in [4.78, 5) is 22.4. The van der Waals surface area contributed by atoms with E-state index < -0.39 is 4.92 Å². The monoisotopic (exact) mass is 432 g/mol. The number of nitrogens with zero attached hydrogens (tertiary/aromatic N) is 5. The Bertz CT molecular complexity index is 981. The van der Waals surface area contributed by atoms with Gasteiger partial charge in [-0.3, -0.25) is 9.48 Å². The zero-order valence-electron chi connectivity index (χ0n) is 14.5. The van der Waals surface area contributed by atoms with E-state index in [2.05, 4.69) is 31.4 Å². The number of carbonyl (C=O) groups excluding carboxylic acids is 1. The average Bonchev–Trinajstić information content (AvgIpc) is 3.19. The van der Waals surface area contributed by atoms with Crippen LogP contribution in [0.2, 0.25) is 0 Å². The maximum absolute atomic E-state index is 12.2.